The van der Waals surface area contributed by atoms with Gasteiger partial charge in [0.25, 0.3) is 0 Å². The maximum Gasteiger partial charge on any atom is 0.529 e. The summed E-state index contributed by atoms with van der Waals surface area (Å²) in [6, 6.07) is 4.35. The Morgan fingerprint density at radius 1 is 1.11 bits per heavy atom. The normalized spacial score (nSPS) is 10.9. The first-order valence-electron chi connectivity index (χ1n) is 5.17. The molecule has 8 heteroatoms. The molecule has 0 radical (unpaired) electrons. The summed E-state index contributed by atoms with van der Waals surface area (Å²) in [5.74, 6) is -0.218. The number of rotatable bonds is 6. The van der Waals surface area contributed by atoms with Crippen LogP contribution in [0.25, 0.3) is 0 Å². The molecule has 7 nitrogen and oxygen atoms in total. The molecular formula is C11H15O7P. The van der Waals surface area contributed by atoms with Crippen molar-refractivity contribution < 1.29 is 32.4 Å². The van der Waals surface area contributed by atoms with Crippen molar-refractivity contribution in [1.29, 1.82) is 0 Å². The zero-order valence-corrected chi connectivity index (χ0v) is 11.9. The van der Waals surface area contributed by atoms with Crippen LogP contribution in [0.5, 0.6) is 11.5 Å². The van der Waals surface area contributed by atoms with Crippen LogP contribution in [-0.2, 0) is 18.3 Å². The summed E-state index contributed by atoms with van der Waals surface area (Å²) in [5.41, 5.74) is 0.0520. The van der Waals surface area contributed by atoms with Crippen molar-refractivity contribution in [2.24, 2.45) is 0 Å². The average Bonchev–Trinajstić information content (AvgIpc) is 2.46. The van der Waals surface area contributed by atoms with E-state index in [1.54, 1.807) is 0 Å². The number of phosphoric acid groups is 1. The number of hydrogen-bond donors (Lipinski definition) is 0. The van der Waals surface area contributed by atoms with E-state index in [2.05, 4.69) is 13.8 Å². The van der Waals surface area contributed by atoms with Gasteiger partial charge in [-0.3, -0.25) is 9.05 Å². The van der Waals surface area contributed by atoms with Crippen LogP contribution in [0.3, 0.4) is 0 Å². The molecule has 0 saturated carbocycles. The van der Waals surface area contributed by atoms with Crippen LogP contribution in [-0.4, -0.2) is 34.4 Å². The fraction of sp³-hybridized carbons (Fsp3) is 0.364. The smallest absolute Gasteiger partial charge is 0.497 e. The number of methoxy groups -OCH3 is 2. The van der Waals surface area contributed by atoms with Gasteiger partial charge in [0.2, 0.25) is 0 Å². The van der Waals surface area contributed by atoms with Crippen LogP contribution in [0.15, 0.2) is 18.2 Å². The number of phosphoric ester groups is 1. The molecule has 0 unspecified atom stereocenters. The highest BCUT2D eigenvalue weighted by Crippen LogP contribution is 2.48. The van der Waals surface area contributed by atoms with E-state index in [0.717, 1.165) is 0 Å². The van der Waals surface area contributed by atoms with E-state index in [4.69, 9.17) is 9.26 Å². The predicted molar refractivity (Wildman–Crippen MR) is 66.6 cm³/mol. The Bertz CT molecular complexity index is 492. The van der Waals surface area contributed by atoms with Crippen molar-refractivity contribution in [3.8, 4) is 11.5 Å². The lowest BCUT2D eigenvalue weighted by Crippen LogP contribution is -2.06. The molecule has 0 fully saturated rings. The van der Waals surface area contributed by atoms with E-state index < -0.39 is 13.8 Å². The molecule has 0 bridgehead atoms. The fourth-order valence-corrected chi connectivity index (χ4v) is 1.95. The van der Waals surface area contributed by atoms with Gasteiger partial charge >= 0.3 is 13.8 Å². The molecule has 1 aromatic rings. The number of carbonyl (C=O) groups is 1. The molecule has 0 saturated heterocycles. The standard InChI is InChI=1S/C11H15O7P/c1-14-8-5-6-10(9(7-8)11(12)15-2)18-19(13,16-3)17-4/h5-7H,1-4H3. The minimum atomic E-state index is -3.75. The number of hydrogen-bond acceptors (Lipinski definition) is 7. The van der Waals surface area contributed by atoms with Crippen LogP contribution in [0.2, 0.25) is 0 Å². The molecule has 0 N–H and O–H groups in total. The third kappa shape index (κ3) is 3.70. The number of benzene rings is 1. The van der Waals surface area contributed by atoms with Gasteiger partial charge in [0.05, 0.1) is 14.2 Å². The Labute approximate surface area is 111 Å². The maximum atomic E-state index is 11.9. The fourth-order valence-electron chi connectivity index (χ4n) is 1.25. The number of esters is 1. The minimum absolute atomic E-state index is 0.0136. The molecule has 0 amide bonds. The lowest BCUT2D eigenvalue weighted by Gasteiger charge is -2.16. The quantitative estimate of drug-likeness (QED) is 0.587. The third-order valence-corrected chi connectivity index (χ3v) is 3.56. The maximum absolute atomic E-state index is 11.9. The second kappa shape index (κ2) is 6.56. The molecule has 1 aromatic carbocycles. The van der Waals surface area contributed by atoms with E-state index >= 15 is 0 Å². The first-order chi connectivity index (χ1) is 8.99. The van der Waals surface area contributed by atoms with Crippen molar-refractivity contribution >= 4 is 13.8 Å². The lowest BCUT2D eigenvalue weighted by molar-refractivity contribution is 0.0597. The van der Waals surface area contributed by atoms with Gasteiger partial charge in [0.1, 0.15) is 17.1 Å². The van der Waals surface area contributed by atoms with Gasteiger partial charge in [0, 0.05) is 14.2 Å². The summed E-state index contributed by atoms with van der Waals surface area (Å²) in [4.78, 5) is 11.6. The van der Waals surface area contributed by atoms with Gasteiger partial charge in [-0.1, -0.05) is 0 Å². The largest absolute Gasteiger partial charge is 0.529 e. The van der Waals surface area contributed by atoms with Gasteiger partial charge < -0.3 is 14.0 Å². The highest BCUT2D eigenvalue weighted by molar-refractivity contribution is 7.48. The topological polar surface area (TPSA) is 80.3 Å². The molecule has 0 aliphatic carbocycles. The van der Waals surface area contributed by atoms with E-state index in [9.17, 15) is 9.36 Å². The first kappa shape index (κ1) is 15.5. The Balaban J connectivity index is 3.19. The molecule has 0 atom stereocenters. The zero-order chi connectivity index (χ0) is 14.5. The number of carbonyl (C=O) groups excluding carboxylic acids is 1. The first-order valence-corrected chi connectivity index (χ1v) is 6.63. The van der Waals surface area contributed by atoms with E-state index in [-0.39, 0.29) is 11.3 Å². The third-order valence-electron chi connectivity index (χ3n) is 2.25. The zero-order valence-electron chi connectivity index (χ0n) is 11.0. The second-order valence-electron chi connectivity index (χ2n) is 3.26. The molecule has 0 heterocycles. The lowest BCUT2D eigenvalue weighted by atomic mass is 10.2. The van der Waals surface area contributed by atoms with Crippen LogP contribution < -0.4 is 9.26 Å². The van der Waals surface area contributed by atoms with Crippen molar-refractivity contribution in [2.75, 3.05) is 28.4 Å². The highest BCUT2D eigenvalue weighted by atomic mass is 31.2. The van der Waals surface area contributed by atoms with Gasteiger partial charge in [-0.05, 0) is 18.2 Å². The number of ether oxygens (including phenoxy) is 2. The summed E-state index contributed by atoms with van der Waals surface area (Å²) >= 11 is 0. The van der Waals surface area contributed by atoms with Gasteiger partial charge in [-0.25, -0.2) is 9.36 Å². The monoisotopic (exact) mass is 290 g/mol. The van der Waals surface area contributed by atoms with Gasteiger partial charge in [-0.15, -0.1) is 0 Å². The van der Waals surface area contributed by atoms with Gasteiger partial charge in [-0.2, -0.15) is 0 Å². The molecule has 106 valence electrons. The second-order valence-corrected chi connectivity index (χ2v) is 5.06. The highest BCUT2D eigenvalue weighted by Gasteiger charge is 2.27. The Morgan fingerprint density at radius 3 is 2.21 bits per heavy atom. The Kier molecular flexibility index (Phi) is 5.35. The Hall–Kier alpha value is -1.56. The Morgan fingerprint density at radius 2 is 1.74 bits per heavy atom. The molecular weight excluding hydrogens is 275 g/mol. The molecule has 0 spiro atoms. The van der Waals surface area contributed by atoms with E-state index in [1.807, 2.05) is 0 Å². The molecule has 0 aliphatic rings. The van der Waals surface area contributed by atoms with Crippen LogP contribution in [0.1, 0.15) is 10.4 Å². The van der Waals surface area contributed by atoms with Crippen molar-refractivity contribution in [2.45, 2.75) is 0 Å². The average molecular weight is 290 g/mol. The minimum Gasteiger partial charge on any atom is -0.497 e. The van der Waals surface area contributed by atoms with Gasteiger partial charge in [0.15, 0.2) is 0 Å². The van der Waals surface area contributed by atoms with Crippen LogP contribution in [0, 0.1) is 0 Å². The van der Waals surface area contributed by atoms with E-state index in [0.29, 0.717) is 5.75 Å². The summed E-state index contributed by atoms with van der Waals surface area (Å²) in [7, 11) is 1.26. The van der Waals surface area contributed by atoms with Crippen molar-refractivity contribution in [1.82, 2.24) is 0 Å². The molecule has 0 aliphatic heterocycles. The summed E-state index contributed by atoms with van der Waals surface area (Å²) in [6.07, 6.45) is 0. The molecule has 19 heavy (non-hydrogen) atoms. The van der Waals surface area contributed by atoms with Crippen molar-refractivity contribution in [3.05, 3.63) is 23.8 Å². The van der Waals surface area contributed by atoms with Crippen LogP contribution in [0.4, 0.5) is 0 Å². The molecule has 1 rings (SSSR count). The summed E-state index contributed by atoms with van der Waals surface area (Å²) in [5, 5.41) is 0. The predicted octanol–water partition coefficient (Wildman–Crippen LogP) is 2.26. The van der Waals surface area contributed by atoms with Crippen molar-refractivity contribution in [3.63, 3.8) is 0 Å². The SMILES string of the molecule is COC(=O)c1cc(OC)ccc1OP(=O)(OC)OC. The van der Waals surface area contributed by atoms with E-state index in [1.165, 1.54) is 46.6 Å². The summed E-state index contributed by atoms with van der Waals surface area (Å²) < 4.78 is 35.9. The molecule has 0 aromatic heterocycles. The summed E-state index contributed by atoms with van der Waals surface area (Å²) in [6.45, 7) is 0. The van der Waals surface area contributed by atoms with Crippen LogP contribution >= 0.6 is 7.82 Å².